The van der Waals surface area contributed by atoms with Gasteiger partial charge >= 0.3 is 0 Å². The van der Waals surface area contributed by atoms with E-state index in [1.165, 1.54) is 11.8 Å². The van der Waals surface area contributed by atoms with E-state index in [-0.39, 0.29) is 17.0 Å². The van der Waals surface area contributed by atoms with Crippen LogP contribution in [-0.4, -0.2) is 22.5 Å². The molecule has 0 bridgehead atoms. The lowest BCUT2D eigenvalue weighted by atomic mass is 9.86. The molecule has 150 valence electrons. The Bertz CT molecular complexity index is 961. The van der Waals surface area contributed by atoms with Crippen molar-refractivity contribution in [3.63, 3.8) is 0 Å². The molecule has 0 fully saturated rings. The Balaban J connectivity index is 1.68. The highest BCUT2D eigenvalue weighted by Crippen LogP contribution is 2.30. The lowest BCUT2D eigenvalue weighted by molar-refractivity contribution is 0.102. The van der Waals surface area contributed by atoms with Gasteiger partial charge in [0.15, 0.2) is 0 Å². The molecule has 0 atom stereocenters. The lowest BCUT2D eigenvalue weighted by Gasteiger charge is -2.23. The van der Waals surface area contributed by atoms with Crippen molar-refractivity contribution in [3.05, 3.63) is 72.2 Å². The van der Waals surface area contributed by atoms with Gasteiger partial charge < -0.3 is 15.4 Å². The number of nitrogens with zero attached hydrogens (tertiary/aromatic N) is 2. The molecule has 6 nitrogen and oxygen atoms in total. The second kappa shape index (κ2) is 8.73. The van der Waals surface area contributed by atoms with Gasteiger partial charge in [-0.3, -0.25) is 4.79 Å². The fourth-order valence-corrected chi connectivity index (χ4v) is 2.89. The van der Waals surface area contributed by atoms with E-state index in [1.54, 1.807) is 18.3 Å². The van der Waals surface area contributed by atoms with Crippen LogP contribution in [0.3, 0.4) is 0 Å². The van der Waals surface area contributed by atoms with E-state index in [0.29, 0.717) is 18.1 Å². The van der Waals surface area contributed by atoms with Gasteiger partial charge in [0.1, 0.15) is 17.3 Å². The predicted octanol–water partition coefficient (Wildman–Crippen LogP) is 5.17. The van der Waals surface area contributed by atoms with E-state index in [1.807, 2.05) is 37.3 Å². The largest absolute Gasteiger partial charge is 0.494 e. The number of hydrogen-bond donors (Lipinski definition) is 2. The van der Waals surface area contributed by atoms with Gasteiger partial charge in [0.05, 0.1) is 19.0 Å². The fourth-order valence-electron chi connectivity index (χ4n) is 2.89. The van der Waals surface area contributed by atoms with E-state index in [0.717, 1.165) is 11.4 Å². The Labute approximate surface area is 171 Å². The molecule has 3 rings (SSSR count). The van der Waals surface area contributed by atoms with Gasteiger partial charge in [-0.05, 0) is 48.2 Å². The van der Waals surface area contributed by atoms with E-state index < -0.39 is 0 Å². The summed E-state index contributed by atoms with van der Waals surface area (Å²) in [6, 6.07) is 15.3. The average molecular weight is 390 g/mol. The van der Waals surface area contributed by atoms with Gasteiger partial charge in [-0.15, -0.1) is 0 Å². The van der Waals surface area contributed by atoms with Crippen LogP contribution in [0.25, 0.3) is 0 Å². The van der Waals surface area contributed by atoms with Gasteiger partial charge in [0.25, 0.3) is 5.91 Å². The van der Waals surface area contributed by atoms with Crippen LogP contribution in [0.15, 0.2) is 60.9 Å². The zero-order valence-corrected chi connectivity index (χ0v) is 17.2. The SMILES string of the molecule is CCOc1ccc(NC(=O)c2cnc(Nc3ccccc3C(C)(C)C)cn2)cc1. The number of anilines is 3. The number of carbonyl (C=O) groups is 1. The summed E-state index contributed by atoms with van der Waals surface area (Å²) < 4.78 is 5.40. The summed E-state index contributed by atoms with van der Waals surface area (Å²) in [4.78, 5) is 21.0. The number of aromatic nitrogens is 2. The number of carbonyl (C=O) groups excluding carboxylic acids is 1. The van der Waals surface area contributed by atoms with E-state index in [4.69, 9.17) is 4.74 Å². The Kier molecular flexibility index (Phi) is 6.12. The van der Waals surface area contributed by atoms with Crippen LogP contribution in [0.1, 0.15) is 43.7 Å². The van der Waals surface area contributed by atoms with Crippen molar-refractivity contribution in [3.8, 4) is 5.75 Å². The molecule has 2 aromatic carbocycles. The van der Waals surface area contributed by atoms with Gasteiger partial charge in [-0.1, -0.05) is 39.0 Å². The maximum absolute atomic E-state index is 12.4. The fraction of sp³-hybridized carbons (Fsp3) is 0.261. The zero-order valence-electron chi connectivity index (χ0n) is 17.2. The molecule has 0 unspecified atom stereocenters. The maximum atomic E-state index is 12.4. The smallest absolute Gasteiger partial charge is 0.275 e. The lowest BCUT2D eigenvalue weighted by Crippen LogP contribution is -2.15. The summed E-state index contributed by atoms with van der Waals surface area (Å²) in [5, 5.41) is 6.10. The third-order valence-electron chi connectivity index (χ3n) is 4.31. The molecule has 2 N–H and O–H groups in total. The van der Waals surface area contributed by atoms with Crippen LogP contribution in [0, 0.1) is 0 Å². The minimum absolute atomic E-state index is 0.00539. The molecule has 1 aromatic heterocycles. The van der Waals surface area contributed by atoms with Crippen LogP contribution in [-0.2, 0) is 5.41 Å². The van der Waals surface area contributed by atoms with Crippen LogP contribution in [0.5, 0.6) is 5.75 Å². The van der Waals surface area contributed by atoms with Crippen molar-refractivity contribution in [2.45, 2.75) is 33.1 Å². The number of para-hydroxylation sites is 1. The normalized spacial score (nSPS) is 11.0. The summed E-state index contributed by atoms with van der Waals surface area (Å²) in [7, 11) is 0. The Hall–Kier alpha value is -3.41. The summed E-state index contributed by atoms with van der Waals surface area (Å²) in [5.74, 6) is 1.03. The first kappa shape index (κ1) is 20.3. The number of amides is 1. The second-order valence-electron chi connectivity index (χ2n) is 7.62. The van der Waals surface area contributed by atoms with E-state index in [2.05, 4.69) is 47.4 Å². The number of ether oxygens (including phenoxy) is 1. The number of rotatable bonds is 6. The minimum atomic E-state index is -0.316. The predicted molar refractivity (Wildman–Crippen MR) is 116 cm³/mol. The molecular formula is C23H26N4O2. The molecule has 29 heavy (non-hydrogen) atoms. The van der Waals surface area contributed by atoms with E-state index >= 15 is 0 Å². The number of nitrogens with one attached hydrogen (secondary N) is 2. The molecule has 3 aromatic rings. The molecule has 0 aliphatic carbocycles. The van der Waals surface area contributed by atoms with Crippen LogP contribution >= 0.6 is 0 Å². The summed E-state index contributed by atoms with van der Waals surface area (Å²) >= 11 is 0. The summed E-state index contributed by atoms with van der Waals surface area (Å²) in [6.07, 6.45) is 3.03. The van der Waals surface area contributed by atoms with Crippen molar-refractivity contribution in [1.82, 2.24) is 9.97 Å². The quantitative estimate of drug-likeness (QED) is 0.607. The summed E-state index contributed by atoms with van der Waals surface area (Å²) in [6.45, 7) is 9.01. The number of benzene rings is 2. The first-order valence-electron chi connectivity index (χ1n) is 9.59. The topological polar surface area (TPSA) is 76.1 Å². The third-order valence-corrected chi connectivity index (χ3v) is 4.31. The van der Waals surface area contributed by atoms with E-state index in [9.17, 15) is 4.79 Å². The van der Waals surface area contributed by atoms with Crippen LogP contribution < -0.4 is 15.4 Å². The van der Waals surface area contributed by atoms with Gasteiger partial charge in [-0.2, -0.15) is 0 Å². The molecule has 0 saturated carbocycles. The van der Waals surface area contributed by atoms with Crippen LogP contribution in [0.2, 0.25) is 0 Å². The van der Waals surface area contributed by atoms with Gasteiger partial charge in [0, 0.05) is 11.4 Å². The molecule has 0 spiro atoms. The molecule has 0 radical (unpaired) electrons. The highest BCUT2D eigenvalue weighted by Gasteiger charge is 2.18. The molecule has 1 amide bonds. The number of hydrogen-bond acceptors (Lipinski definition) is 5. The highest BCUT2D eigenvalue weighted by molar-refractivity contribution is 6.02. The Morgan fingerprint density at radius 1 is 1.00 bits per heavy atom. The molecule has 0 aliphatic rings. The first-order chi connectivity index (χ1) is 13.9. The summed E-state index contributed by atoms with van der Waals surface area (Å²) in [5.41, 5.74) is 3.06. The van der Waals surface area contributed by atoms with Crippen molar-refractivity contribution in [2.75, 3.05) is 17.2 Å². The Morgan fingerprint density at radius 3 is 2.34 bits per heavy atom. The first-order valence-corrected chi connectivity index (χ1v) is 9.59. The monoisotopic (exact) mass is 390 g/mol. The highest BCUT2D eigenvalue weighted by atomic mass is 16.5. The molecule has 6 heteroatoms. The van der Waals surface area contributed by atoms with Crippen molar-refractivity contribution >= 4 is 23.1 Å². The molecule has 1 heterocycles. The van der Waals surface area contributed by atoms with Crippen LogP contribution in [0.4, 0.5) is 17.2 Å². The molecule has 0 saturated heterocycles. The van der Waals surface area contributed by atoms with Gasteiger partial charge in [-0.25, -0.2) is 9.97 Å². The standard InChI is InChI=1S/C23H26N4O2/c1-5-29-17-12-10-16(11-13-17)26-22(28)20-14-25-21(15-24-20)27-19-9-7-6-8-18(19)23(2,3)4/h6-15H,5H2,1-4H3,(H,25,27)(H,26,28). The zero-order chi connectivity index (χ0) is 20.9. The van der Waals surface area contributed by atoms with Gasteiger partial charge in [0.2, 0.25) is 0 Å². The Morgan fingerprint density at radius 2 is 1.72 bits per heavy atom. The average Bonchev–Trinajstić information content (AvgIpc) is 2.70. The third kappa shape index (κ3) is 5.31. The minimum Gasteiger partial charge on any atom is -0.494 e. The molecular weight excluding hydrogens is 364 g/mol. The van der Waals surface area contributed by atoms with Crippen molar-refractivity contribution in [2.24, 2.45) is 0 Å². The van der Waals surface area contributed by atoms with Crippen molar-refractivity contribution in [1.29, 1.82) is 0 Å². The van der Waals surface area contributed by atoms with Crippen molar-refractivity contribution < 1.29 is 9.53 Å². The second-order valence-corrected chi connectivity index (χ2v) is 7.62. The maximum Gasteiger partial charge on any atom is 0.275 e. The molecule has 0 aliphatic heterocycles.